The summed E-state index contributed by atoms with van der Waals surface area (Å²) < 4.78 is 11.9. The molecule has 0 aromatic heterocycles. The molecule has 0 aromatic rings. The number of hydrogen-bond donors (Lipinski definition) is 0. The first-order valence-electron chi connectivity index (χ1n) is 11.0. The maximum Gasteiger partial charge on any atom is 0.162 e. The van der Waals surface area contributed by atoms with Gasteiger partial charge in [0.05, 0.1) is 0 Å². The standard InChI is InChI=1S/C23H45ClO2/c1-8-26-21(25-7)22(6,20-12-10-9-11-13-20)14-15-23(24,16-18(2)3)17-19(4)5/h18-21H,8-17H2,1-7H3. The molecule has 2 atom stereocenters. The van der Waals surface area contributed by atoms with E-state index in [0.717, 1.165) is 25.7 Å². The van der Waals surface area contributed by atoms with Crippen molar-refractivity contribution in [2.24, 2.45) is 23.2 Å². The van der Waals surface area contributed by atoms with E-state index in [4.69, 9.17) is 21.1 Å². The summed E-state index contributed by atoms with van der Waals surface area (Å²) in [6.45, 7) is 14.3. The maximum atomic E-state index is 7.22. The molecule has 1 fully saturated rings. The van der Waals surface area contributed by atoms with Crippen molar-refractivity contribution in [1.82, 2.24) is 0 Å². The first-order chi connectivity index (χ1) is 12.2. The Balaban J connectivity index is 2.98. The second-order valence-corrected chi connectivity index (χ2v) is 10.5. The van der Waals surface area contributed by atoms with E-state index < -0.39 is 0 Å². The number of halogens is 1. The van der Waals surface area contributed by atoms with Gasteiger partial charge in [0.1, 0.15) is 0 Å². The van der Waals surface area contributed by atoms with Gasteiger partial charge in [0.15, 0.2) is 6.29 Å². The van der Waals surface area contributed by atoms with Crippen molar-refractivity contribution in [1.29, 1.82) is 0 Å². The smallest absolute Gasteiger partial charge is 0.162 e. The molecule has 1 aliphatic carbocycles. The SMILES string of the molecule is CCOC(OC)C(C)(CCC(Cl)(CC(C)C)CC(C)C)C1CCCCC1. The minimum atomic E-state index is -0.130. The van der Waals surface area contributed by atoms with Crippen molar-refractivity contribution in [2.75, 3.05) is 13.7 Å². The monoisotopic (exact) mass is 388 g/mol. The van der Waals surface area contributed by atoms with E-state index in [9.17, 15) is 0 Å². The largest absolute Gasteiger partial charge is 0.355 e. The Morgan fingerprint density at radius 2 is 1.50 bits per heavy atom. The molecule has 0 aliphatic heterocycles. The highest BCUT2D eigenvalue weighted by Gasteiger charge is 2.44. The lowest BCUT2D eigenvalue weighted by atomic mass is 9.65. The van der Waals surface area contributed by atoms with Crippen LogP contribution >= 0.6 is 11.6 Å². The van der Waals surface area contributed by atoms with Gasteiger partial charge in [-0.05, 0) is 63.2 Å². The Labute approximate surface area is 168 Å². The van der Waals surface area contributed by atoms with Gasteiger partial charge in [-0.25, -0.2) is 0 Å². The normalized spacial score (nSPS) is 20.5. The van der Waals surface area contributed by atoms with E-state index in [1.807, 2.05) is 0 Å². The molecule has 1 saturated carbocycles. The van der Waals surface area contributed by atoms with Crippen molar-refractivity contribution in [3.05, 3.63) is 0 Å². The van der Waals surface area contributed by atoms with Crippen LogP contribution in [0.4, 0.5) is 0 Å². The van der Waals surface area contributed by atoms with Crippen molar-refractivity contribution in [3.8, 4) is 0 Å². The molecule has 0 radical (unpaired) electrons. The summed E-state index contributed by atoms with van der Waals surface area (Å²) in [6, 6.07) is 0. The fraction of sp³-hybridized carbons (Fsp3) is 1.00. The van der Waals surface area contributed by atoms with Crippen LogP contribution in [0.3, 0.4) is 0 Å². The van der Waals surface area contributed by atoms with Crippen molar-refractivity contribution < 1.29 is 9.47 Å². The molecule has 0 bridgehead atoms. The molecular formula is C23H45ClO2. The molecule has 2 unspecified atom stereocenters. The third-order valence-electron chi connectivity index (χ3n) is 6.27. The van der Waals surface area contributed by atoms with Crippen LogP contribution in [0.15, 0.2) is 0 Å². The van der Waals surface area contributed by atoms with Gasteiger partial charge >= 0.3 is 0 Å². The number of methoxy groups -OCH3 is 1. The quantitative estimate of drug-likeness (QED) is 0.255. The Morgan fingerprint density at radius 3 is 1.92 bits per heavy atom. The molecular weight excluding hydrogens is 344 g/mol. The lowest BCUT2D eigenvalue weighted by molar-refractivity contribution is -0.209. The molecule has 0 spiro atoms. The second kappa shape index (κ2) is 11.3. The number of hydrogen-bond acceptors (Lipinski definition) is 2. The van der Waals surface area contributed by atoms with Crippen LogP contribution in [-0.4, -0.2) is 24.9 Å². The minimum Gasteiger partial charge on any atom is -0.355 e. The van der Waals surface area contributed by atoms with Crippen LogP contribution in [0.25, 0.3) is 0 Å². The molecule has 1 rings (SSSR count). The Morgan fingerprint density at radius 1 is 0.962 bits per heavy atom. The van der Waals surface area contributed by atoms with E-state index in [0.29, 0.717) is 24.4 Å². The van der Waals surface area contributed by atoms with E-state index in [2.05, 4.69) is 41.5 Å². The number of rotatable bonds is 12. The average molecular weight is 389 g/mol. The van der Waals surface area contributed by atoms with Crippen LogP contribution in [0.5, 0.6) is 0 Å². The molecule has 0 amide bonds. The summed E-state index contributed by atoms with van der Waals surface area (Å²) >= 11 is 7.22. The lowest BCUT2D eigenvalue weighted by Gasteiger charge is -2.46. The fourth-order valence-corrected chi connectivity index (χ4v) is 5.91. The molecule has 156 valence electrons. The van der Waals surface area contributed by atoms with Gasteiger partial charge in [0, 0.05) is 24.0 Å². The van der Waals surface area contributed by atoms with E-state index >= 15 is 0 Å². The van der Waals surface area contributed by atoms with Gasteiger partial charge in [-0.15, -0.1) is 11.6 Å². The van der Waals surface area contributed by atoms with Crippen LogP contribution in [0, 0.1) is 23.2 Å². The molecule has 2 nitrogen and oxygen atoms in total. The minimum absolute atomic E-state index is 0.0410. The lowest BCUT2D eigenvalue weighted by Crippen LogP contribution is -2.44. The predicted molar refractivity (Wildman–Crippen MR) is 114 cm³/mol. The van der Waals surface area contributed by atoms with Gasteiger partial charge in [-0.3, -0.25) is 0 Å². The van der Waals surface area contributed by atoms with E-state index in [1.54, 1.807) is 7.11 Å². The Bertz CT molecular complexity index is 360. The molecule has 0 aromatic carbocycles. The van der Waals surface area contributed by atoms with Gasteiger partial charge in [-0.1, -0.05) is 53.9 Å². The van der Waals surface area contributed by atoms with Crippen molar-refractivity contribution in [3.63, 3.8) is 0 Å². The number of ether oxygens (including phenoxy) is 2. The molecule has 26 heavy (non-hydrogen) atoms. The first kappa shape index (κ1) is 24.2. The molecule has 3 heteroatoms. The van der Waals surface area contributed by atoms with Crippen LogP contribution in [0.2, 0.25) is 0 Å². The van der Waals surface area contributed by atoms with E-state index in [-0.39, 0.29) is 16.6 Å². The van der Waals surface area contributed by atoms with Gasteiger partial charge in [0.2, 0.25) is 0 Å². The third-order valence-corrected chi connectivity index (χ3v) is 6.77. The summed E-state index contributed by atoms with van der Waals surface area (Å²) in [7, 11) is 1.80. The average Bonchev–Trinajstić information content (AvgIpc) is 2.57. The van der Waals surface area contributed by atoms with Crippen LogP contribution in [-0.2, 0) is 9.47 Å². The topological polar surface area (TPSA) is 18.5 Å². The summed E-state index contributed by atoms with van der Waals surface area (Å²) in [5.41, 5.74) is 0.0410. The predicted octanol–water partition coefficient (Wildman–Crippen LogP) is 7.43. The zero-order valence-corrected chi connectivity index (χ0v) is 19.3. The molecule has 0 heterocycles. The highest BCUT2D eigenvalue weighted by atomic mass is 35.5. The van der Waals surface area contributed by atoms with Crippen LogP contribution in [0.1, 0.15) is 99.3 Å². The summed E-state index contributed by atoms with van der Waals surface area (Å²) in [5.74, 6) is 1.92. The van der Waals surface area contributed by atoms with Gasteiger partial charge < -0.3 is 9.47 Å². The first-order valence-corrected chi connectivity index (χ1v) is 11.4. The second-order valence-electron chi connectivity index (χ2n) is 9.71. The highest BCUT2D eigenvalue weighted by Crippen LogP contribution is 2.48. The summed E-state index contributed by atoms with van der Waals surface area (Å²) in [4.78, 5) is -0.108. The van der Waals surface area contributed by atoms with Crippen LogP contribution < -0.4 is 0 Å². The summed E-state index contributed by atoms with van der Waals surface area (Å²) in [6.07, 6.45) is 10.8. The zero-order chi connectivity index (χ0) is 19.8. The molecule has 0 N–H and O–H groups in total. The fourth-order valence-electron chi connectivity index (χ4n) is 5.20. The third kappa shape index (κ3) is 7.32. The molecule has 1 aliphatic rings. The van der Waals surface area contributed by atoms with E-state index in [1.165, 1.54) is 32.1 Å². The van der Waals surface area contributed by atoms with Gasteiger partial charge in [0.25, 0.3) is 0 Å². The number of alkyl halides is 1. The highest BCUT2D eigenvalue weighted by molar-refractivity contribution is 6.23. The molecule has 0 saturated heterocycles. The Hall–Kier alpha value is 0.210. The Kier molecular flexibility index (Phi) is 10.5. The van der Waals surface area contributed by atoms with Gasteiger partial charge in [-0.2, -0.15) is 0 Å². The maximum absolute atomic E-state index is 7.22. The van der Waals surface area contributed by atoms with Crippen molar-refractivity contribution >= 4 is 11.6 Å². The van der Waals surface area contributed by atoms with Crippen molar-refractivity contribution in [2.45, 2.75) is 110 Å². The zero-order valence-electron chi connectivity index (χ0n) is 18.6. The summed E-state index contributed by atoms with van der Waals surface area (Å²) in [5, 5.41) is 0.